The van der Waals surface area contributed by atoms with Crippen molar-refractivity contribution in [3.63, 3.8) is 0 Å². The van der Waals surface area contributed by atoms with Gasteiger partial charge in [-0.2, -0.15) is 0 Å². The molecule has 0 fully saturated rings. The third-order valence-electron chi connectivity index (χ3n) is 1.16. The van der Waals surface area contributed by atoms with Crippen LogP contribution in [0.1, 0.15) is 39.5 Å². The quantitative estimate of drug-likeness (QED) is 0.650. The molecule has 13 heavy (non-hydrogen) atoms. The second-order valence-electron chi connectivity index (χ2n) is 2.54. The zero-order valence-corrected chi connectivity index (χ0v) is 8.49. The first-order valence-corrected chi connectivity index (χ1v) is 4.66. The fourth-order valence-corrected chi connectivity index (χ4v) is 0.573. The summed E-state index contributed by atoms with van der Waals surface area (Å²) in [5, 5.41) is 16.2. The summed E-state index contributed by atoms with van der Waals surface area (Å²) in [6, 6.07) is 0. The SMILES string of the molecule is CCC=CCCO.CCCC(=O)O. The summed E-state index contributed by atoms with van der Waals surface area (Å²) in [6.45, 7) is 4.19. The minimum absolute atomic E-state index is 0.274. The lowest BCUT2D eigenvalue weighted by atomic mass is 10.3. The van der Waals surface area contributed by atoms with Gasteiger partial charge in [-0.15, -0.1) is 0 Å². The molecule has 0 saturated carbocycles. The number of aliphatic carboxylic acids is 1. The Morgan fingerprint density at radius 2 is 1.92 bits per heavy atom. The molecule has 0 heterocycles. The molecular weight excluding hydrogens is 168 g/mol. The Balaban J connectivity index is 0. The monoisotopic (exact) mass is 188 g/mol. The molecule has 0 aliphatic heterocycles. The van der Waals surface area contributed by atoms with Crippen LogP contribution in [0.25, 0.3) is 0 Å². The highest BCUT2D eigenvalue weighted by Gasteiger charge is 1.87. The van der Waals surface area contributed by atoms with Gasteiger partial charge in [-0.25, -0.2) is 0 Å². The highest BCUT2D eigenvalue weighted by molar-refractivity contribution is 5.66. The van der Waals surface area contributed by atoms with Crippen LogP contribution in [0.4, 0.5) is 0 Å². The van der Waals surface area contributed by atoms with Crippen molar-refractivity contribution in [2.24, 2.45) is 0 Å². The van der Waals surface area contributed by atoms with Crippen molar-refractivity contribution in [1.29, 1.82) is 0 Å². The molecule has 0 aliphatic carbocycles. The smallest absolute Gasteiger partial charge is 0.303 e. The van der Waals surface area contributed by atoms with Gasteiger partial charge in [-0.05, 0) is 19.3 Å². The molecular formula is C10H20O3. The second kappa shape index (κ2) is 13.7. The Kier molecular flexibility index (Phi) is 15.5. The Morgan fingerprint density at radius 1 is 1.31 bits per heavy atom. The van der Waals surface area contributed by atoms with Crippen LogP contribution in [-0.2, 0) is 4.79 Å². The third-order valence-corrected chi connectivity index (χ3v) is 1.16. The first-order chi connectivity index (χ1) is 6.18. The maximum Gasteiger partial charge on any atom is 0.303 e. The van der Waals surface area contributed by atoms with Crippen molar-refractivity contribution in [2.75, 3.05) is 6.61 Å². The van der Waals surface area contributed by atoms with Crippen molar-refractivity contribution in [1.82, 2.24) is 0 Å². The predicted molar refractivity (Wildman–Crippen MR) is 53.7 cm³/mol. The van der Waals surface area contributed by atoms with Crippen LogP contribution in [0.3, 0.4) is 0 Å². The van der Waals surface area contributed by atoms with E-state index in [2.05, 4.69) is 13.0 Å². The second-order valence-corrected chi connectivity index (χ2v) is 2.54. The summed E-state index contributed by atoms with van der Waals surface area (Å²) in [4.78, 5) is 9.60. The molecule has 0 amide bonds. The lowest BCUT2D eigenvalue weighted by Crippen LogP contribution is -1.90. The van der Waals surface area contributed by atoms with Crippen molar-refractivity contribution in [2.45, 2.75) is 39.5 Å². The normalized spacial score (nSPS) is 9.46. The van der Waals surface area contributed by atoms with Gasteiger partial charge >= 0.3 is 5.97 Å². The van der Waals surface area contributed by atoms with E-state index < -0.39 is 5.97 Å². The average Bonchev–Trinajstić information content (AvgIpc) is 2.06. The molecule has 0 aliphatic rings. The molecule has 0 atom stereocenters. The number of hydrogen-bond acceptors (Lipinski definition) is 2. The number of allylic oxidation sites excluding steroid dienone is 1. The Morgan fingerprint density at radius 3 is 2.15 bits per heavy atom. The summed E-state index contributed by atoms with van der Waals surface area (Å²) >= 11 is 0. The van der Waals surface area contributed by atoms with E-state index in [4.69, 9.17) is 10.2 Å². The molecule has 0 spiro atoms. The Labute approximate surface area is 80.1 Å². The van der Waals surface area contributed by atoms with Gasteiger partial charge in [0.15, 0.2) is 0 Å². The molecule has 2 N–H and O–H groups in total. The van der Waals surface area contributed by atoms with Crippen LogP contribution >= 0.6 is 0 Å². The standard InChI is InChI=1S/C6H12O.C4H8O2/c1-2-3-4-5-6-7;1-2-3-4(5)6/h3-4,7H,2,5-6H2,1H3;2-3H2,1H3,(H,5,6). The maximum atomic E-state index is 9.60. The summed E-state index contributed by atoms with van der Waals surface area (Å²) < 4.78 is 0. The number of carboxylic acids is 1. The lowest BCUT2D eigenvalue weighted by Gasteiger charge is -1.79. The molecule has 3 nitrogen and oxygen atoms in total. The molecule has 0 radical (unpaired) electrons. The van der Waals surface area contributed by atoms with E-state index in [9.17, 15) is 4.79 Å². The molecule has 78 valence electrons. The molecule has 0 rings (SSSR count). The van der Waals surface area contributed by atoms with E-state index in [1.165, 1.54) is 0 Å². The van der Waals surface area contributed by atoms with E-state index >= 15 is 0 Å². The van der Waals surface area contributed by atoms with Gasteiger partial charge in [0, 0.05) is 13.0 Å². The predicted octanol–water partition coefficient (Wildman–Crippen LogP) is 2.21. The highest BCUT2D eigenvalue weighted by atomic mass is 16.4. The minimum atomic E-state index is -0.711. The average molecular weight is 188 g/mol. The summed E-state index contributed by atoms with van der Waals surface area (Å²) in [5.41, 5.74) is 0. The molecule has 0 aromatic carbocycles. The van der Waals surface area contributed by atoms with Gasteiger partial charge < -0.3 is 10.2 Å². The number of aliphatic hydroxyl groups is 1. The van der Waals surface area contributed by atoms with Crippen molar-refractivity contribution in [3.8, 4) is 0 Å². The van der Waals surface area contributed by atoms with Gasteiger partial charge in [0.1, 0.15) is 0 Å². The van der Waals surface area contributed by atoms with E-state index in [-0.39, 0.29) is 6.61 Å². The van der Waals surface area contributed by atoms with Crippen LogP contribution in [0.5, 0.6) is 0 Å². The third kappa shape index (κ3) is 24.7. The van der Waals surface area contributed by atoms with Crippen LogP contribution < -0.4 is 0 Å². The molecule has 0 aromatic rings. The first kappa shape index (κ1) is 14.7. The van der Waals surface area contributed by atoms with Crippen LogP contribution in [0.2, 0.25) is 0 Å². The molecule has 0 saturated heterocycles. The van der Waals surface area contributed by atoms with Crippen molar-refractivity contribution < 1.29 is 15.0 Å². The number of hydrogen-bond donors (Lipinski definition) is 2. The summed E-state index contributed by atoms with van der Waals surface area (Å²) in [5.74, 6) is -0.711. The minimum Gasteiger partial charge on any atom is -0.481 e. The Bertz CT molecular complexity index is 130. The maximum absolute atomic E-state index is 9.60. The van der Waals surface area contributed by atoms with Gasteiger partial charge in [0.05, 0.1) is 0 Å². The molecule has 0 aromatic heterocycles. The molecule has 0 bridgehead atoms. The zero-order chi connectivity index (χ0) is 10.5. The van der Waals surface area contributed by atoms with E-state index in [1.54, 1.807) is 0 Å². The molecule has 0 unspecified atom stereocenters. The number of aliphatic hydroxyl groups excluding tert-OH is 1. The van der Waals surface area contributed by atoms with E-state index in [0.717, 1.165) is 19.3 Å². The topological polar surface area (TPSA) is 57.5 Å². The van der Waals surface area contributed by atoms with Gasteiger partial charge in [0.25, 0.3) is 0 Å². The summed E-state index contributed by atoms with van der Waals surface area (Å²) in [7, 11) is 0. The number of carboxylic acid groups (broad SMARTS) is 1. The van der Waals surface area contributed by atoms with Gasteiger partial charge in [0.2, 0.25) is 0 Å². The van der Waals surface area contributed by atoms with E-state index in [1.807, 2.05) is 13.0 Å². The lowest BCUT2D eigenvalue weighted by molar-refractivity contribution is -0.137. The molecule has 3 heteroatoms. The first-order valence-electron chi connectivity index (χ1n) is 4.66. The van der Waals surface area contributed by atoms with Gasteiger partial charge in [-0.1, -0.05) is 26.0 Å². The summed E-state index contributed by atoms with van der Waals surface area (Å²) in [6.07, 6.45) is 6.93. The highest BCUT2D eigenvalue weighted by Crippen LogP contribution is 1.82. The van der Waals surface area contributed by atoms with Gasteiger partial charge in [-0.3, -0.25) is 4.79 Å². The fourth-order valence-electron chi connectivity index (χ4n) is 0.573. The van der Waals surface area contributed by atoms with E-state index in [0.29, 0.717) is 6.42 Å². The fraction of sp³-hybridized carbons (Fsp3) is 0.700. The van der Waals surface area contributed by atoms with Crippen molar-refractivity contribution >= 4 is 5.97 Å². The van der Waals surface area contributed by atoms with Crippen LogP contribution in [0.15, 0.2) is 12.2 Å². The van der Waals surface area contributed by atoms with Crippen LogP contribution in [0, 0.1) is 0 Å². The number of carbonyl (C=O) groups is 1. The van der Waals surface area contributed by atoms with Crippen molar-refractivity contribution in [3.05, 3.63) is 12.2 Å². The zero-order valence-electron chi connectivity index (χ0n) is 8.49. The number of rotatable bonds is 5. The Hall–Kier alpha value is -0.830. The largest absolute Gasteiger partial charge is 0.481 e. The van der Waals surface area contributed by atoms with Crippen LogP contribution in [-0.4, -0.2) is 22.8 Å².